The van der Waals surface area contributed by atoms with Crippen molar-refractivity contribution in [3.63, 3.8) is 0 Å². The predicted molar refractivity (Wildman–Crippen MR) is 112 cm³/mol. The molecular formula is C22H46O6. The normalized spacial score (nSPS) is 18.4. The third-order valence-electron chi connectivity index (χ3n) is 5.72. The smallest absolute Gasteiger partial charge is 0.121 e. The quantitative estimate of drug-likeness (QED) is 0.183. The molecule has 6 N–H and O–H groups in total. The van der Waals surface area contributed by atoms with Crippen molar-refractivity contribution in [1.29, 1.82) is 0 Å². The molecule has 0 fully saturated rings. The third kappa shape index (κ3) is 10.5. The van der Waals surface area contributed by atoms with E-state index in [1.807, 2.05) is 0 Å². The van der Waals surface area contributed by atoms with Crippen LogP contribution in [0.25, 0.3) is 0 Å². The van der Waals surface area contributed by atoms with Crippen molar-refractivity contribution in [1.82, 2.24) is 0 Å². The van der Waals surface area contributed by atoms with E-state index in [2.05, 4.69) is 13.8 Å². The molecule has 6 heteroatoms. The number of rotatable bonds is 19. The fraction of sp³-hybridized carbons (Fsp3) is 1.00. The number of aliphatic hydroxyl groups excluding tert-OH is 5. The van der Waals surface area contributed by atoms with E-state index in [9.17, 15) is 25.5 Å². The first kappa shape index (κ1) is 27.8. The molecule has 0 aromatic rings. The van der Waals surface area contributed by atoms with E-state index in [-0.39, 0.29) is 6.42 Å². The maximum Gasteiger partial charge on any atom is 0.121 e. The van der Waals surface area contributed by atoms with E-state index < -0.39 is 36.6 Å². The first-order valence-corrected chi connectivity index (χ1v) is 11.4. The third-order valence-corrected chi connectivity index (χ3v) is 5.72. The van der Waals surface area contributed by atoms with Crippen LogP contribution in [-0.4, -0.2) is 67.3 Å². The van der Waals surface area contributed by atoms with Gasteiger partial charge in [0.05, 0.1) is 12.7 Å². The zero-order valence-electron chi connectivity index (χ0n) is 18.1. The summed E-state index contributed by atoms with van der Waals surface area (Å²) in [6.07, 6.45) is 6.38. The van der Waals surface area contributed by atoms with E-state index in [0.29, 0.717) is 12.8 Å². The summed E-state index contributed by atoms with van der Waals surface area (Å²) >= 11 is 0. The largest absolute Gasteiger partial charge is 0.394 e. The van der Waals surface area contributed by atoms with Crippen LogP contribution in [0.2, 0.25) is 0 Å². The van der Waals surface area contributed by atoms with Crippen LogP contribution in [0.4, 0.5) is 0 Å². The maximum absolute atomic E-state index is 11.0. The Morgan fingerprint density at radius 2 is 1.04 bits per heavy atom. The van der Waals surface area contributed by atoms with E-state index in [0.717, 1.165) is 64.2 Å². The molecule has 0 amide bonds. The van der Waals surface area contributed by atoms with Crippen LogP contribution in [0.15, 0.2) is 0 Å². The maximum atomic E-state index is 11.0. The standard InChI is InChI=1S/C22H46O6/c1-3-5-7-9-11-13-15-18(24)20(26)22(28,21(27)19(25)17-23)16-14-12-10-8-6-4-2/h18-21,23-28H,3-17H2,1-2H3/t18?,19-,20+,21+,22+/m0/s1. The second kappa shape index (κ2) is 16.5. The molecule has 0 aliphatic rings. The van der Waals surface area contributed by atoms with Crippen molar-refractivity contribution in [2.24, 2.45) is 0 Å². The summed E-state index contributed by atoms with van der Waals surface area (Å²) in [5, 5.41) is 61.2. The fourth-order valence-electron chi connectivity index (χ4n) is 3.72. The number of hydrogen-bond donors (Lipinski definition) is 6. The van der Waals surface area contributed by atoms with E-state index >= 15 is 0 Å². The molecule has 0 saturated heterocycles. The van der Waals surface area contributed by atoms with Gasteiger partial charge in [0.2, 0.25) is 0 Å². The molecule has 1 unspecified atom stereocenters. The Morgan fingerprint density at radius 1 is 0.607 bits per heavy atom. The summed E-state index contributed by atoms with van der Waals surface area (Å²) < 4.78 is 0. The molecule has 170 valence electrons. The lowest BCUT2D eigenvalue weighted by molar-refractivity contribution is -0.208. The molecule has 0 aromatic carbocycles. The van der Waals surface area contributed by atoms with Crippen LogP contribution in [0.5, 0.6) is 0 Å². The van der Waals surface area contributed by atoms with Gasteiger partial charge >= 0.3 is 0 Å². The highest BCUT2D eigenvalue weighted by atomic mass is 16.4. The average Bonchev–Trinajstić information content (AvgIpc) is 2.70. The second-order valence-electron chi connectivity index (χ2n) is 8.27. The van der Waals surface area contributed by atoms with Crippen molar-refractivity contribution in [3.05, 3.63) is 0 Å². The van der Waals surface area contributed by atoms with Crippen LogP contribution in [0.1, 0.15) is 104 Å². The Balaban J connectivity index is 4.69. The van der Waals surface area contributed by atoms with Gasteiger partial charge in [-0.15, -0.1) is 0 Å². The summed E-state index contributed by atoms with van der Waals surface area (Å²) in [5.74, 6) is 0. The van der Waals surface area contributed by atoms with Gasteiger partial charge in [-0.25, -0.2) is 0 Å². The molecule has 0 radical (unpaired) electrons. The van der Waals surface area contributed by atoms with Gasteiger partial charge in [-0.05, 0) is 12.8 Å². The lowest BCUT2D eigenvalue weighted by atomic mass is 9.79. The number of unbranched alkanes of at least 4 members (excludes halogenated alkanes) is 10. The summed E-state index contributed by atoms with van der Waals surface area (Å²) in [6, 6.07) is 0. The van der Waals surface area contributed by atoms with Crippen molar-refractivity contribution in [2.45, 2.75) is 134 Å². The van der Waals surface area contributed by atoms with Gasteiger partial charge < -0.3 is 30.6 Å². The van der Waals surface area contributed by atoms with Gasteiger partial charge in [-0.2, -0.15) is 0 Å². The fourth-order valence-corrected chi connectivity index (χ4v) is 3.72. The van der Waals surface area contributed by atoms with Crippen LogP contribution in [0.3, 0.4) is 0 Å². The Hall–Kier alpha value is -0.240. The lowest BCUT2D eigenvalue weighted by Gasteiger charge is -2.40. The van der Waals surface area contributed by atoms with Crippen LogP contribution >= 0.6 is 0 Å². The molecule has 0 aliphatic heterocycles. The molecule has 0 aliphatic carbocycles. The second-order valence-corrected chi connectivity index (χ2v) is 8.27. The summed E-state index contributed by atoms with van der Waals surface area (Å²) in [7, 11) is 0. The zero-order chi connectivity index (χ0) is 21.4. The highest BCUT2D eigenvalue weighted by Gasteiger charge is 2.47. The highest BCUT2D eigenvalue weighted by molar-refractivity contribution is 4.99. The monoisotopic (exact) mass is 406 g/mol. The van der Waals surface area contributed by atoms with Gasteiger partial charge in [0.1, 0.15) is 23.9 Å². The van der Waals surface area contributed by atoms with Gasteiger partial charge in [-0.3, -0.25) is 0 Å². The molecule has 0 rings (SSSR count). The molecule has 0 bridgehead atoms. The van der Waals surface area contributed by atoms with E-state index in [1.165, 1.54) is 6.42 Å². The molecule has 0 heterocycles. The van der Waals surface area contributed by atoms with Crippen molar-refractivity contribution < 1.29 is 30.6 Å². The minimum Gasteiger partial charge on any atom is -0.394 e. The first-order chi connectivity index (χ1) is 13.3. The van der Waals surface area contributed by atoms with Crippen molar-refractivity contribution >= 4 is 0 Å². The molecule has 0 spiro atoms. The lowest BCUT2D eigenvalue weighted by Crippen LogP contribution is -2.60. The first-order valence-electron chi connectivity index (χ1n) is 11.4. The van der Waals surface area contributed by atoms with Gasteiger partial charge in [0.25, 0.3) is 0 Å². The van der Waals surface area contributed by atoms with Crippen LogP contribution < -0.4 is 0 Å². The van der Waals surface area contributed by atoms with Gasteiger partial charge in [0.15, 0.2) is 0 Å². The molecule has 28 heavy (non-hydrogen) atoms. The Bertz CT molecular complexity index is 354. The summed E-state index contributed by atoms with van der Waals surface area (Å²) in [6.45, 7) is 3.56. The molecular weight excluding hydrogens is 360 g/mol. The Morgan fingerprint density at radius 3 is 1.54 bits per heavy atom. The zero-order valence-corrected chi connectivity index (χ0v) is 18.1. The minimum absolute atomic E-state index is 0.0616. The van der Waals surface area contributed by atoms with E-state index in [4.69, 9.17) is 5.11 Å². The molecule has 6 nitrogen and oxygen atoms in total. The van der Waals surface area contributed by atoms with Crippen LogP contribution in [0, 0.1) is 0 Å². The minimum atomic E-state index is -2.05. The van der Waals surface area contributed by atoms with Crippen molar-refractivity contribution in [2.75, 3.05) is 6.61 Å². The number of aliphatic hydroxyl groups is 6. The summed E-state index contributed by atoms with van der Waals surface area (Å²) in [4.78, 5) is 0. The Kier molecular flexibility index (Phi) is 16.4. The molecule has 5 atom stereocenters. The Labute approximate surface area is 171 Å². The average molecular weight is 407 g/mol. The predicted octanol–water partition coefficient (Wildman–Crippen LogP) is 2.65. The number of hydrogen-bond acceptors (Lipinski definition) is 6. The van der Waals surface area contributed by atoms with E-state index in [1.54, 1.807) is 0 Å². The molecule has 0 saturated carbocycles. The summed E-state index contributed by atoms with van der Waals surface area (Å²) in [5.41, 5.74) is -2.05. The molecule has 0 aromatic heterocycles. The van der Waals surface area contributed by atoms with Gasteiger partial charge in [-0.1, -0.05) is 90.9 Å². The van der Waals surface area contributed by atoms with Crippen molar-refractivity contribution in [3.8, 4) is 0 Å². The van der Waals surface area contributed by atoms with Gasteiger partial charge in [0, 0.05) is 0 Å². The van der Waals surface area contributed by atoms with Crippen LogP contribution in [-0.2, 0) is 0 Å². The topological polar surface area (TPSA) is 121 Å². The highest BCUT2D eigenvalue weighted by Crippen LogP contribution is 2.29. The SMILES string of the molecule is CCCCCCCCC(O)[C@@H](O)[C@](O)(CCCCCCCC)[C@H](O)[C@@H](O)CO.